The van der Waals surface area contributed by atoms with Gasteiger partial charge in [-0.25, -0.2) is 0 Å². The zero-order valence-corrected chi connectivity index (χ0v) is 12.8. The number of rotatable bonds is 7. The minimum Gasteiger partial charge on any atom is -0.383 e. The second kappa shape index (κ2) is 8.92. The lowest BCUT2D eigenvalue weighted by Gasteiger charge is -2.32. The first kappa shape index (κ1) is 16.9. The van der Waals surface area contributed by atoms with E-state index < -0.39 is 0 Å². The van der Waals surface area contributed by atoms with E-state index in [1.165, 1.54) is 0 Å². The molecule has 2 amide bonds. The van der Waals surface area contributed by atoms with Crippen LogP contribution in [-0.4, -0.2) is 62.7 Å². The van der Waals surface area contributed by atoms with Crippen LogP contribution in [0.3, 0.4) is 0 Å². The average molecular weight is 285 g/mol. The zero-order chi connectivity index (χ0) is 15.0. The van der Waals surface area contributed by atoms with E-state index in [0.29, 0.717) is 32.8 Å². The molecule has 0 bridgehead atoms. The molecule has 0 aromatic rings. The summed E-state index contributed by atoms with van der Waals surface area (Å²) >= 11 is 0. The minimum atomic E-state index is 0.0136. The van der Waals surface area contributed by atoms with Crippen molar-refractivity contribution in [3.63, 3.8) is 0 Å². The molecule has 1 rings (SSSR count). The van der Waals surface area contributed by atoms with Crippen LogP contribution in [0.2, 0.25) is 0 Å². The lowest BCUT2D eigenvalue weighted by atomic mass is 10.0. The Morgan fingerprint density at radius 2 is 1.95 bits per heavy atom. The van der Waals surface area contributed by atoms with Gasteiger partial charge in [0.05, 0.1) is 13.2 Å². The van der Waals surface area contributed by atoms with Crippen LogP contribution in [-0.2, 0) is 14.3 Å². The lowest BCUT2D eigenvalue weighted by molar-refractivity contribution is -0.131. The summed E-state index contributed by atoms with van der Waals surface area (Å²) in [6.45, 7) is 6.85. The second-order valence-electron chi connectivity index (χ2n) is 5.49. The fourth-order valence-electron chi connectivity index (χ4n) is 2.12. The van der Waals surface area contributed by atoms with Crippen LogP contribution in [0.1, 0.15) is 26.7 Å². The molecule has 0 saturated carbocycles. The van der Waals surface area contributed by atoms with E-state index in [2.05, 4.69) is 10.6 Å². The molecule has 0 radical (unpaired) electrons. The molecule has 0 aliphatic carbocycles. The molecule has 6 heteroatoms. The van der Waals surface area contributed by atoms with E-state index >= 15 is 0 Å². The number of piperidine rings is 1. The summed E-state index contributed by atoms with van der Waals surface area (Å²) in [6.07, 6.45) is 1.67. The van der Waals surface area contributed by atoms with Crippen molar-refractivity contribution in [3.05, 3.63) is 0 Å². The number of amides is 2. The molecule has 0 aromatic carbocycles. The van der Waals surface area contributed by atoms with Crippen molar-refractivity contribution in [1.29, 1.82) is 0 Å². The second-order valence-corrected chi connectivity index (χ2v) is 5.49. The Bertz CT molecular complexity index is 313. The number of carbonyl (C=O) groups is 2. The van der Waals surface area contributed by atoms with Gasteiger partial charge in [0.1, 0.15) is 0 Å². The summed E-state index contributed by atoms with van der Waals surface area (Å²) in [5, 5.41) is 6.08. The SMILES string of the molecule is COCCNCC(=O)N1CCC(NC(=O)C(C)C)CC1. The first-order valence-electron chi connectivity index (χ1n) is 7.32. The number of likely N-dealkylation sites (tertiary alicyclic amines) is 1. The highest BCUT2D eigenvalue weighted by Gasteiger charge is 2.23. The number of hydrogen-bond acceptors (Lipinski definition) is 4. The summed E-state index contributed by atoms with van der Waals surface area (Å²) < 4.78 is 4.91. The fraction of sp³-hybridized carbons (Fsp3) is 0.857. The molecule has 6 nitrogen and oxygen atoms in total. The van der Waals surface area contributed by atoms with Crippen LogP contribution in [0.4, 0.5) is 0 Å². The van der Waals surface area contributed by atoms with Gasteiger partial charge in [-0.15, -0.1) is 0 Å². The molecular weight excluding hydrogens is 258 g/mol. The molecule has 0 atom stereocenters. The van der Waals surface area contributed by atoms with Crippen molar-refractivity contribution in [2.75, 3.05) is 39.9 Å². The van der Waals surface area contributed by atoms with Gasteiger partial charge in [0.25, 0.3) is 0 Å². The van der Waals surface area contributed by atoms with Crippen LogP contribution >= 0.6 is 0 Å². The number of nitrogens with zero attached hydrogens (tertiary/aromatic N) is 1. The third-order valence-electron chi connectivity index (χ3n) is 3.48. The van der Waals surface area contributed by atoms with Gasteiger partial charge in [0, 0.05) is 38.7 Å². The number of ether oxygens (including phenoxy) is 1. The lowest BCUT2D eigenvalue weighted by Crippen LogP contribution is -2.49. The van der Waals surface area contributed by atoms with Crippen molar-refractivity contribution >= 4 is 11.8 Å². The van der Waals surface area contributed by atoms with E-state index in [0.717, 1.165) is 12.8 Å². The van der Waals surface area contributed by atoms with E-state index in [1.807, 2.05) is 18.7 Å². The Labute approximate surface area is 121 Å². The molecule has 1 heterocycles. The predicted octanol–water partition coefficient (Wildman–Crippen LogP) is -0.0144. The minimum absolute atomic E-state index is 0.0136. The molecule has 2 N–H and O–H groups in total. The van der Waals surface area contributed by atoms with Gasteiger partial charge < -0.3 is 20.3 Å². The molecule has 0 aromatic heterocycles. The highest BCUT2D eigenvalue weighted by Crippen LogP contribution is 2.11. The summed E-state index contributed by atoms with van der Waals surface area (Å²) in [7, 11) is 1.64. The van der Waals surface area contributed by atoms with Gasteiger partial charge >= 0.3 is 0 Å². The smallest absolute Gasteiger partial charge is 0.236 e. The Kier molecular flexibility index (Phi) is 7.54. The van der Waals surface area contributed by atoms with Crippen molar-refractivity contribution < 1.29 is 14.3 Å². The monoisotopic (exact) mass is 285 g/mol. The highest BCUT2D eigenvalue weighted by atomic mass is 16.5. The maximum absolute atomic E-state index is 11.9. The third kappa shape index (κ3) is 5.88. The van der Waals surface area contributed by atoms with Crippen LogP contribution in [0, 0.1) is 5.92 Å². The Balaban J connectivity index is 2.21. The summed E-state index contributed by atoms with van der Waals surface area (Å²) in [4.78, 5) is 25.4. The van der Waals surface area contributed by atoms with Crippen molar-refractivity contribution in [3.8, 4) is 0 Å². The molecule has 0 unspecified atom stereocenters. The molecule has 20 heavy (non-hydrogen) atoms. The first-order valence-corrected chi connectivity index (χ1v) is 7.32. The van der Waals surface area contributed by atoms with Gasteiger partial charge in [-0.2, -0.15) is 0 Å². The number of methoxy groups -OCH3 is 1. The Hall–Kier alpha value is -1.14. The molecule has 0 spiro atoms. The highest BCUT2D eigenvalue weighted by molar-refractivity contribution is 5.79. The van der Waals surface area contributed by atoms with Gasteiger partial charge in [-0.1, -0.05) is 13.8 Å². The van der Waals surface area contributed by atoms with Crippen LogP contribution < -0.4 is 10.6 Å². The molecule has 116 valence electrons. The third-order valence-corrected chi connectivity index (χ3v) is 3.48. The van der Waals surface area contributed by atoms with Gasteiger partial charge in [0.2, 0.25) is 11.8 Å². The normalized spacial score (nSPS) is 16.5. The Morgan fingerprint density at radius 1 is 1.30 bits per heavy atom. The number of nitrogens with one attached hydrogen (secondary N) is 2. The topological polar surface area (TPSA) is 70.7 Å². The van der Waals surface area contributed by atoms with E-state index in [9.17, 15) is 9.59 Å². The standard InChI is InChI=1S/C14H27N3O3/c1-11(2)14(19)16-12-4-7-17(8-5-12)13(18)10-15-6-9-20-3/h11-12,15H,4-10H2,1-3H3,(H,16,19). The first-order chi connectivity index (χ1) is 9.54. The maximum Gasteiger partial charge on any atom is 0.236 e. The van der Waals surface area contributed by atoms with Crippen LogP contribution in [0.5, 0.6) is 0 Å². The van der Waals surface area contributed by atoms with Gasteiger partial charge in [0.15, 0.2) is 0 Å². The summed E-state index contributed by atoms with van der Waals surface area (Å²) in [6, 6.07) is 0.204. The van der Waals surface area contributed by atoms with Crippen molar-refractivity contribution in [2.24, 2.45) is 5.92 Å². The number of carbonyl (C=O) groups excluding carboxylic acids is 2. The molecule has 1 fully saturated rings. The quantitative estimate of drug-likeness (QED) is 0.645. The average Bonchev–Trinajstić information content (AvgIpc) is 2.44. The van der Waals surface area contributed by atoms with Crippen molar-refractivity contribution in [2.45, 2.75) is 32.7 Å². The van der Waals surface area contributed by atoms with Crippen LogP contribution in [0.15, 0.2) is 0 Å². The van der Waals surface area contributed by atoms with E-state index in [1.54, 1.807) is 7.11 Å². The molecule has 1 saturated heterocycles. The maximum atomic E-state index is 11.9. The molecular formula is C14H27N3O3. The van der Waals surface area contributed by atoms with Gasteiger partial charge in [-0.3, -0.25) is 9.59 Å². The largest absolute Gasteiger partial charge is 0.383 e. The predicted molar refractivity (Wildman–Crippen MR) is 77.3 cm³/mol. The zero-order valence-electron chi connectivity index (χ0n) is 12.8. The van der Waals surface area contributed by atoms with Crippen molar-refractivity contribution in [1.82, 2.24) is 15.5 Å². The Morgan fingerprint density at radius 3 is 2.50 bits per heavy atom. The molecule has 1 aliphatic rings. The van der Waals surface area contributed by atoms with E-state index in [-0.39, 0.29) is 23.8 Å². The molecule has 1 aliphatic heterocycles. The number of hydrogen-bond donors (Lipinski definition) is 2. The summed E-state index contributed by atoms with van der Waals surface area (Å²) in [5.74, 6) is 0.227. The van der Waals surface area contributed by atoms with E-state index in [4.69, 9.17) is 4.74 Å². The van der Waals surface area contributed by atoms with Gasteiger partial charge in [-0.05, 0) is 12.8 Å². The summed E-state index contributed by atoms with van der Waals surface area (Å²) in [5.41, 5.74) is 0. The fourth-order valence-corrected chi connectivity index (χ4v) is 2.12. The van der Waals surface area contributed by atoms with Crippen LogP contribution in [0.25, 0.3) is 0 Å².